The predicted octanol–water partition coefficient (Wildman–Crippen LogP) is 3.01. The van der Waals surface area contributed by atoms with Gasteiger partial charge in [0.25, 0.3) is 0 Å². The van der Waals surface area contributed by atoms with Crippen LogP contribution in [0.25, 0.3) is 0 Å². The van der Waals surface area contributed by atoms with Crippen LogP contribution in [0.5, 0.6) is 11.5 Å². The van der Waals surface area contributed by atoms with Gasteiger partial charge >= 0.3 is 0 Å². The fraction of sp³-hybridized carbons (Fsp3) is 0.500. The van der Waals surface area contributed by atoms with Crippen LogP contribution in [0, 0.1) is 0 Å². The zero-order chi connectivity index (χ0) is 12.7. The fourth-order valence-corrected chi connectivity index (χ4v) is 2.38. The maximum Gasteiger partial charge on any atom is 0.172 e. The van der Waals surface area contributed by atoms with Crippen molar-refractivity contribution in [1.29, 1.82) is 0 Å². The van der Waals surface area contributed by atoms with Crippen molar-refractivity contribution in [2.45, 2.75) is 13.0 Å². The molecule has 0 aromatic heterocycles. The number of hydrogen-bond acceptors (Lipinski definition) is 4. The van der Waals surface area contributed by atoms with Crippen LogP contribution in [0.2, 0.25) is 0 Å². The van der Waals surface area contributed by atoms with Crippen LogP contribution in [-0.4, -0.2) is 30.8 Å². The minimum absolute atomic E-state index is 0.152. The molecule has 0 spiro atoms. The maximum absolute atomic E-state index is 9.67. The molecule has 3 nitrogen and oxygen atoms in total. The van der Waals surface area contributed by atoms with E-state index in [4.69, 9.17) is 4.74 Å². The molecule has 1 aromatic rings. The lowest BCUT2D eigenvalue weighted by Gasteiger charge is -2.09. The molecule has 0 saturated carbocycles. The van der Waals surface area contributed by atoms with Gasteiger partial charge in [-0.1, -0.05) is 0 Å². The number of phenolic OH excluding ortho intramolecular Hbond substituents is 1. The van der Waals surface area contributed by atoms with Crippen LogP contribution in [-0.2, 0) is 6.54 Å². The van der Waals surface area contributed by atoms with Gasteiger partial charge in [-0.15, -0.1) is 0 Å². The quantitative estimate of drug-likeness (QED) is 0.758. The number of benzene rings is 1. The first-order valence-corrected chi connectivity index (χ1v) is 7.62. The van der Waals surface area contributed by atoms with E-state index in [2.05, 4.69) is 27.5 Å². The molecule has 1 aromatic carbocycles. The second kappa shape index (κ2) is 7.84. The summed E-state index contributed by atoms with van der Waals surface area (Å²) in [6, 6.07) is 3.75. The van der Waals surface area contributed by atoms with E-state index in [1.165, 1.54) is 5.75 Å². The summed E-state index contributed by atoms with van der Waals surface area (Å²) in [6.45, 7) is 1.78. The Bertz CT molecular complexity index is 361. The number of hydrogen-bond donors (Lipinski definition) is 2. The van der Waals surface area contributed by atoms with E-state index in [1.807, 2.05) is 23.9 Å². The molecular formula is C12H18BrNO2S. The summed E-state index contributed by atoms with van der Waals surface area (Å²) in [5, 5.41) is 13.0. The Labute approximate surface area is 115 Å². The smallest absolute Gasteiger partial charge is 0.172 e. The molecule has 5 heteroatoms. The highest BCUT2D eigenvalue weighted by atomic mass is 79.9. The number of rotatable bonds is 7. The number of methoxy groups -OCH3 is 1. The molecule has 0 atom stereocenters. The van der Waals surface area contributed by atoms with E-state index >= 15 is 0 Å². The number of phenols is 1. The van der Waals surface area contributed by atoms with Gasteiger partial charge in [0.05, 0.1) is 11.6 Å². The van der Waals surface area contributed by atoms with Gasteiger partial charge in [-0.05, 0) is 58.6 Å². The van der Waals surface area contributed by atoms with Crippen molar-refractivity contribution in [3.8, 4) is 11.5 Å². The van der Waals surface area contributed by atoms with E-state index in [-0.39, 0.29) is 5.75 Å². The number of thioether (sulfide) groups is 1. The van der Waals surface area contributed by atoms with E-state index in [0.29, 0.717) is 10.2 Å². The highest BCUT2D eigenvalue weighted by Gasteiger charge is 2.07. The molecule has 0 saturated heterocycles. The SMILES string of the molecule is COc1cc(CNCCCSC)cc(Br)c1O. The fourth-order valence-electron chi connectivity index (χ4n) is 1.46. The topological polar surface area (TPSA) is 41.5 Å². The zero-order valence-corrected chi connectivity index (χ0v) is 12.5. The monoisotopic (exact) mass is 319 g/mol. The van der Waals surface area contributed by atoms with Crippen molar-refractivity contribution >= 4 is 27.7 Å². The molecule has 17 heavy (non-hydrogen) atoms. The molecule has 0 aliphatic carbocycles. The molecular weight excluding hydrogens is 302 g/mol. The Balaban J connectivity index is 2.51. The van der Waals surface area contributed by atoms with Crippen molar-refractivity contribution < 1.29 is 9.84 Å². The third kappa shape index (κ3) is 4.77. The molecule has 0 heterocycles. The molecule has 1 rings (SSSR count). The summed E-state index contributed by atoms with van der Waals surface area (Å²) in [4.78, 5) is 0. The zero-order valence-electron chi connectivity index (χ0n) is 10.1. The van der Waals surface area contributed by atoms with Gasteiger partial charge in [-0.25, -0.2) is 0 Å². The lowest BCUT2D eigenvalue weighted by Crippen LogP contribution is -2.15. The summed E-state index contributed by atoms with van der Waals surface area (Å²) in [5.74, 6) is 1.83. The van der Waals surface area contributed by atoms with Crippen LogP contribution in [0.4, 0.5) is 0 Å². The number of nitrogens with one attached hydrogen (secondary N) is 1. The van der Waals surface area contributed by atoms with Crippen molar-refractivity contribution in [3.63, 3.8) is 0 Å². The van der Waals surface area contributed by atoms with Crippen molar-refractivity contribution in [3.05, 3.63) is 22.2 Å². The molecule has 0 aliphatic rings. The van der Waals surface area contributed by atoms with Gasteiger partial charge in [0, 0.05) is 6.54 Å². The Kier molecular flexibility index (Phi) is 6.77. The standard InChI is InChI=1S/C12H18BrNO2S/c1-16-11-7-9(6-10(13)12(11)15)8-14-4-3-5-17-2/h6-7,14-15H,3-5,8H2,1-2H3. The number of ether oxygens (including phenoxy) is 1. The second-order valence-corrected chi connectivity index (χ2v) is 5.49. The first kappa shape index (κ1) is 14.7. The minimum Gasteiger partial charge on any atom is -0.503 e. The average Bonchev–Trinajstić information content (AvgIpc) is 2.33. The summed E-state index contributed by atoms with van der Waals surface area (Å²) in [7, 11) is 1.55. The summed E-state index contributed by atoms with van der Waals surface area (Å²) >= 11 is 5.17. The van der Waals surface area contributed by atoms with Gasteiger partial charge in [-0.3, -0.25) is 0 Å². The van der Waals surface area contributed by atoms with Gasteiger partial charge in [-0.2, -0.15) is 11.8 Å². The van der Waals surface area contributed by atoms with E-state index in [1.54, 1.807) is 7.11 Å². The largest absolute Gasteiger partial charge is 0.503 e. The minimum atomic E-state index is 0.152. The van der Waals surface area contributed by atoms with E-state index < -0.39 is 0 Å². The van der Waals surface area contributed by atoms with Crippen LogP contribution in [0.3, 0.4) is 0 Å². The predicted molar refractivity (Wildman–Crippen MR) is 77.1 cm³/mol. The van der Waals surface area contributed by atoms with Crippen molar-refractivity contribution in [1.82, 2.24) is 5.32 Å². The summed E-state index contributed by atoms with van der Waals surface area (Å²) < 4.78 is 5.76. The van der Waals surface area contributed by atoms with Gasteiger partial charge < -0.3 is 15.2 Å². The van der Waals surface area contributed by atoms with E-state index in [0.717, 1.165) is 25.1 Å². The van der Waals surface area contributed by atoms with Crippen molar-refractivity contribution in [2.24, 2.45) is 0 Å². The first-order valence-electron chi connectivity index (χ1n) is 5.44. The third-order valence-corrected chi connectivity index (χ3v) is 3.64. The molecule has 0 bridgehead atoms. The van der Waals surface area contributed by atoms with Crippen molar-refractivity contribution in [2.75, 3.05) is 25.7 Å². The number of aromatic hydroxyl groups is 1. The Morgan fingerprint density at radius 1 is 1.47 bits per heavy atom. The highest BCUT2D eigenvalue weighted by Crippen LogP contribution is 2.35. The Hall–Kier alpha value is -0.390. The maximum atomic E-state index is 9.67. The Morgan fingerprint density at radius 2 is 2.24 bits per heavy atom. The summed E-state index contributed by atoms with van der Waals surface area (Å²) in [6.07, 6.45) is 3.28. The third-order valence-electron chi connectivity index (χ3n) is 2.34. The van der Waals surface area contributed by atoms with Gasteiger partial charge in [0.2, 0.25) is 0 Å². The Morgan fingerprint density at radius 3 is 2.88 bits per heavy atom. The molecule has 2 N–H and O–H groups in total. The van der Waals surface area contributed by atoms with E-state index in [9.17, 15) is 5.11 Å². The number of halogens is 1. The normalized spacial score (nSPS) is 10.5. The molecule has 0 fully saturated rings. The molecule has 0 unspecified atom stereocenters. The van der Waals surface area contributed by atoms with Crippen LogP contribution in [0.15, 0.2) is 16.6 Å². The molecule has 0 aliphatic heterocycles. The molecule has 96 valence electrons. The summed E-state index contributed by atoms with van der Waals surface area (Å²) in [5.41, 5.74) is 1.09. The van der Waals surface area contributed by atoms with Gasteiger partial charge in [0.15, 0.2) is 11.5 Å². The van der Waals surface area contributed by atoms with Gasteiger partial charge in [0.1, 0.15) is 0 Å². The average molecular weight is 320 g/mol. The van der Waals surface area contributed by atoms with Crippen LogP contribution >= 0.6 is 27.7 Å². The first-order chi connectivity index (χ1) is 8.19. The highest BCUT2D eigenvalue weighted by molar-refractivity contribution is 9.10. The van der Waals surface area contributed by atoms with Crippen LogP contribution < -0.4 is 10.1 Å². The molecule has 0 radical (unpaired) electrons. The van der Waals surface area contributed by atoms with Crippen LogP contribution in [0.1, 0.15) is 12.0 Å². The molecule has 0 amide bonds. The lowest BCUT2D eigenvalue weighted by molar-refractivity contribution is 0.371. The lowest BCUT2D eigenvalue weighted by atomic mass is 10.2. The second-order valence-electron chi connectivity index (χ2n) is 3.65.